The monoisotopic (exact) mass is 518 g/mol. The number of amides is 2. The Labute approximate surface area is 221 Å². The molecule has 1 aromatic heterocycles. The van der Waals surface area contributed by atoms with E-state index in [1.807, 2.05) is 36.6 Å². The summed E-state index contributed by atoms with van der Waals surface area (Å²) in [5, 5.41) is 6.38. The summed E-state index contributed by atoms with van der Waals surface area (Å²) >= 11 is 6.29. The highest BCUT2D eigenvalue weighted by Gasteiger charge is 2.35. The standard InChI is InChI=1S/C29H31ClN4O3/c1-3-18(2)31-28(36)20-11-12-26(24(14-20)32-29(37)22-7-4-5-8-23(22)30)33-15-19-13-21(17-33)25-9-6-10-27(35)34(25)16-19/h4-12,14,18-19,21H,3,13,15-17H2,1-2H3,(H,31,36)(H,32,37). The molecular weight excluding hydrogens is 488 g/mol. The Bertz CT molecular complexity index is 1400. The maximum Gasteiger partial charge on any atom is 0.257 e. The summed E-state index contributed by atoms with van der Waals surface area (Å²) < 4.78 is 1.90. The molecule has 2 aliphatic rings. The molecule has 1 saturated heterocycles. The normalized spacial score (nSPS) is 19.1. The number of hydrogen-bond donors (Lipinski definition) is 2. The Kier molecular flexibility index (Phi) is 7.07. The van der Waals surface area contributed by atoms with Gasteiger partial charge in [0.1, 0.15) is 0 Å². The third-order valence-electron chi connectivity index (χ3n) is 7.44. The van der Waals surface area contributed by atoms with E-state index in [2.05, 4.69) is 15.5 Å². The van der Waals surface area contributed by atoms with Crippen molar-refractivity contribution >= 4 is 34.8 Å². The van der Waals surface area contributed by atoms with Gasteiger partial charge in [0, 0.05) is 48.9 Å². The molecule has 37 heavy (non-hydrogen) atoms. The predicted octanol–water partition coefficient (Wildman–Crippen LogP) is 4.91. The topological polar surface area (TPSA) is 83.4 Å². The molecule has 3 heterocycles. The lowest BCUT2D eigenvalue weighted by molar-refractivity contribution is 0.0938. The molecule has 2 bridgehead atoms. The van der Waals surface area contributed by atoms with Crippen molar-refractivity contribution in [1.29, 1.82) is 0 Å². The van der Waals surface area contributed by atoms with E-state index in [9.17, 15) is 14.4 Å². The highest BCUT2D eigenvalue weighted by molar-refractivity contribution is 6.34. The van der Waals surface area contributed by atoms with Crippen molar-refractivity contribution < 1.29 is 9.59 Å². The average molecular weight is 519 g/mol. The van der Waals surface area contributed by atoms with E-state index in [-0.39, 0.29) is 29.3 Å². The molecule has 2 amide bonds. The maximum absolute atomic E-state index is 13.2. The number of pyridine rings is 1. The minimum Gasteiger partial charge on any atom is -0.369 e. The Morgan fingerprint density at radius 1 is 1.03 bits per heavy atom. The Hall–Kier alpha value is -3.58. The molecule has 7 nitrogen and oxygen atoms in total. The molecule has 3 aromatic rings. The number of halogens is 1. The molecule has 0 saturated carbocycles. The van der Waals surface area contributed by atoms with E-state index < -0.39 is 0 Å². The van der Waals surface area contributed by atoms with E-state index in [1.165, 1.54) is 0 Å². The van der Waals surface area contributed by atoms with Gasteiger partial charge in [-0.1, -0.05) is 36.7 Å². The van der Waals surface area contributed by atoms with Crippen LogP contribution in [0.3, 0.4) is 0 Å². The van der Waals surface area contributed by atoms with Crippen molar-refractivity contribution in [3.05, 3.63) is 92.9 Å². The third kappa shape index (κ3) is 5.14. The van der Waals surface area contributed by atoms with E-state index in [1.54, 1.807) is 42.5 Å². The SMILES string of the molecule is CCC(C)NC(=O)c1ccc(N2CC3CC(C2)c2cccc(=O)n2C3)c(NC(=O)c2ccccc2Cl)c1. The van der Waals surface area contributed by atoms with Gasteiger partial charge in [-0.2, -0.15) is 0 Å². The number of hydrogen-bond acceptors (Lipinski definition) is 4. The second-order valence-corrected chi connectivity index (χ2v) is 10.5. The van der Waals surface area contributed by atoms with Gasteiger partial charge in [0.05, 0.1) is 22.0 Å². The summed E-state index contributed by atoms with van der Waals surface area (Å²) in [6.07, 6.45) is 1.84. The quantitative estimate of drug-likeness (QED) is 0.486. The number of benzene rings is 2. The lowest BCUT2D eigenvalue weighted by Crippen LogP contribution is -2.47. The van der Waals surface area contributed by atoms with Crippen LogP contribution in [0.15, 0.2) is 65.5 Å². The number of nitrogens with zero attached hydrogens (tertiary/aromatic N) is 2. The zero-order valence-electron chi connectivity index (χ0n) is 21.0. The first-order valence-corrected chi connectivity index (χ1v) is 13.2. The van der Waals surface area contributed by atoms with Gasteiger partial charge in [-0.3, -0.25) is 14.4 Å². The minimum atomic E-state index is -0.333. The van der Waals surface area contributed by atoms with Crippen LogP contribution < -0.4 is 21.1 Å². The van der Waals surface area contributed by atoms with Gasteiger partial charge in [0.15, 0.2) is 0 Å². The third-order valence-corrected chi connectivity index (χ3v) is 7.77. The van der Waals surface area contributed by atoms with Crippen LogP contribution in [0, 0.1) is 5.92 Å². The number of rotatable bonds is 6. The number of nitrogens with one attached hydrogen (secondary N) is 2. The van der Waals surface area contributed by atoms with Crippen molar-refractivity contribution in [1.82, 2.24) is 9.88 Å². The number of carbonyl (C=O) groups excluding carboxylic acids is 2. The molecule has 0 radical (unpaired) electrons. The molecule has 2 aromatic carbocycles. The van der Waals surface area contributed by atoms with Crippen LogP contribution in [-0.2, 0) is 6.54 Å². The smallest absolute Gasteiger partial charge is 0.257 e. The Morgan fingerprint density at radius 2 is 1.84 bits per heavy atom. The van der Waals surface area contributed by atoms with Crippen LogP contribution in [0.4, 0.5) is 11.4 Å². The van der Waals surface area contributed by atoms with Crippen molar-refractivity contribution in [2.45, 2.75) is 45.2 Å². The predicted molar refractivity (Wildman–Crippen MR) is 147 cm³/mol. The summed E-state index contributed by atoms with van der Waals surface area (Å²) in [6.45, 7) is 6.13. The summed E-state index contributed by atoms with van der Waals surface area (Å²) in [5.74, 6) is 0.00661. The highest BCUT2D eigenvalue weighted by atomic mass is 35.5. The van der Waals surface area contributed by atoms with Crippen LogP contribution >= 0.6 is 11.6 Å². The van der Waals surface area contributed by atoms with E-state index in [4.69, 9.17) is 11.6 Å². The van der Waals surface area contributed by atoms with Crippen molar-refractivity contribution in [2.75, 3.05) is 23.3 Å². The maximum atomic E-state index is 13.2. The number of anilines is 2. The van der Waals surface area contributed by atoms with E-state index >= 15 is 0 Å². The Morgan fingerprint density at radius 3 is 2.62 bits per heavy atom. The van der Waals surface area contributed by atoms with Gasteiger partial charge in [-0.15, -0.1) is 0 Å². The first-order valence-electron chi connectivity index (χ1n) is 12.8. The molecule has 2 aliphatic heterocycles. The van der Waals surface area contributed by atoms with Crippen LogP contribution in [0.1, 0.15) is 59.0 Å². The van der Waals surface area contributed by atoms with Crippen molar-refractivity contribution in [3.8, 4) is 0 Å². The van der Waals surface area contributed by atoms with Gasteiger partial charge in [-0.25, -0.2) is 0 Å². The Balaban J connectivity index is 1.49. The van der Waals surface area contributed by atoms with Crippen molar-refractivity contribution in [2.24, 2.45) is 5.92 Å². The van der Waals surface area contributed by atoms with Gasteiger partial charge < -0.3 is 20.1 Å². The zero-order chi connectivity index (χ0) is 26.1. The fraction of sp³-hybridized carbons (Fsp3) is 0.345. The molecule has 8 heteroatoms. The molecule has 5 rings (SSSR count). The first-order chi connectivity index (χ1) is 17.8. The van der Waals surface area contributed by atoms with Gasteiger partial charge in [-0.05, 0) is 62.1 Å². The van der Waals surface area contributed by atoms with E-state index in [0.29, 0.717) is 40.8 Å². The van der Waals surface area contributed by atoms with Crippen LogP contribution in [-0.4, -0.2) is 35.5 Å². The molecule has 2 N–H and O–H groups in total. The molecule has 0 aliphatic carbocycles. The molecule has 3 atom stereocenters. The average Bonchev–Trinajstić information content (AvgIpc) is 2.89. The molecule has 3 unspecified atom stereocenters. The van der Waals surface area contributed by atoms with Crippen LogP contribution in [0.2, 0.25) is 5.02 Å². The minimum absolute atomic E-state index is 0.0401. The second-order valence-electron chi connectivity index (χ2n) is 10.1. The largest absolute Gasteiger partial charge is 0.369 e. The highest BCUT2D eigenvalue weighted by Crippen LogP contribution is 2.39. The number of piperidine rings is 1. The zero-order valence-corrected chi connectivity index (χ0v) is 21.8. The number of fused-ring (bicyclic) bond motifs is 4. The number of aromatic nitrogens is 1. The summed E-state index contributed by atoms with van der Waals surface area (Å²) in [5.41, 5.74) is 3.36. The van der Waals surface area contributed by atoms with Crippen LogP contribution in [0.25, 0.3) is 0 Å². The summed E-state index contributed by atoms with van der Waals surface area (Å²) in [6, 6.07) is 17.9. The first kappa shape index (κ1) is 25.1. The van der Waals surface area contributed by atoms with Gasteiger partial charge in [0.2, 0.25) is 0 Å². The summed E-state index contributed by atoms with van der Waals surface area (Å²) in [4.78, 5) is 40.8. The van der Waals surface area contributed by atoms with Crippen molar-refractivity contribution in [3.63, 3.8) is 0 Å². The molecule has 1 fully saturated rings. The fourth-order valence-electron chi connectivity index (χ4n) is 5.39. The molecule has 192 valence electrons. The summed E-state index contributed by atoms with van der Waals surface area (Å²) in [7, 11) is 0. The fourth-order valence-corrected chi connectivity index (χ4v) is 5.61. The number of carbonyl (C=O) groups is 2. The van der Waals surface area contributed by atoms with Crippen LogP contribution in [0.5, 0.6) is 0 Å². The lowest BCUT2D eigenvalue weighted by Gasteiger charge is -2.44. The lowest BCUT2D eigenvalue weighted by atomic mass is 9.83. The van der Waals surface area contributed by atoms with E-state index in [0.717, 1.165) is 30.8 Å². The van der Waals surface area contributed by atoms with Gasteiger partial charge >= 0.3 is 0 Å². The van der Waals surface area contributed by atoms with Gasteiger partial charge in [0.25, 0.3) is 17.4 Å². The molecular formula is C29H31ClN4O3. The molecule has 0 spiro atoms. The second kappa shape index (κ2) is 10.4.